The van der Waals surface area contributed by atoms with E-state index < -0.39 is 0 Å². The molecule has 2 atom stereocenters. The monoisotopic (exact) mass is 242 g/mol. The van der Waals surface area contributed by atoms with Crippen LogP contribution < -0.4 is 5.32 Å². The highest BCUT2D eigenvalue weighted by atomic mass is 16.5. The van der Waals surface area contributed by atoms with Crippen molar-refractivity contribution in [2.75, 3.05) is 11.9 Å². The number of fused-ring (bicyclic) bond motifs is 1. The minimum absolute atomic E-state index is 0.360. The molecule has 0 aliphatic carbocycles. The van der Waals surface area contributed by atoms with Crippen LogP contribution in [-0.2, 0) is 4.74 Å². The number of benzene rings is 1. The molecule has 1 aromatic carbocycles. The van der Waals surface area contributed by atoms with Crippen LogP contribution in [-0.4, -0.2) is 23.7 Å². The van der Waals surface area contributed by atoms with E-state index in [4.69, 9.17) is 4.74 Å². The van der Waals surface area contributed by atoms with Crippen LogP contribution in [0.5, 0.6) is 0 Å². The number of ether oxygens (including phenoxy) is 1. The molecule has 1 aromatic heterocycles. The summed E-state index contributed by atoms with van der Waals surface area (Å²) >= 11 is 0. The molecule has 1 aliphatic heterocycles. The molecule has 2 heterocycles. The van der Waals surface area contributed by atoms with Crippen LogP contribution in [0.4, 0.5) is 5.69 Å². The number of pyridine rings is 1. The summed E-state index contributed by atoms with van der Waals surface area (Å²) < 4.78 is 5.57. The highest BCUT2D eigenvalue weighted by Crippen LogP contribution is 2.21. The Balaban J connectivity index is 1.78. The molecule has 3 rings (SSSR count). The molecule has 3 heteroatoms. The third kappa shape index (κ3) is 2.46. The SMILES string of the molecule is CC1CC(Nc2ccc3ncccc3c2)CCO1. The number of hydrogen-bond donors (Lipinski definition) is 1. The van der Waals surface area contributed by atoms with Crippen molar-refractivity contribution in [1.29, 1.82) is 0 Å². The first-order valence-corrected chi connectivity index (χ1v) is 6.54. The Morgan fingerprint density at radius 3 is 3.17 bits per heavy atom. The van der Waals surface area contributed by atoms with Gasteiger partial charge in [0.1, 0.15) is 0 Å². The topological polar surface area (TPSA) is 34.2 Å². The van der Waals surface area contributed by atoms with Crippen molar-refractivity contribution in [3.8, 4) is 0 Å². The molecule has 0 radical (unpaired) electrons. The molecule has 0 bridgehead atoms. The van der Waals surface area contributed by atoms with Crippen molar-refractivity contribution < 1.29 is 4.74 Å². The lowest BCUT2D eigenvalue weighted by molar-refractivity contribution is 0.0232. The molecule has 0 spiro atoms. The van der Waals surface area contributed by atoms with Gasteiger partial charge in [0, 0.05) is 29.9 Å². The van der Waals surface area contributed by atoms with Crippen molar-refractivity contribution in [2.45, 2.75) is 31.9 Å². The summed E-state index contributed by atoms with van der Waals surface area (Å²) in [4.78, 5) is 4.33. The number of aromatic nitrogens is 1. The number of nitrogens with one attached hydrogen (secondary N) is 1. The highest BCUT2D eigenvalue weighted by molar-refractivity contribution is 5.82. The second kappa shape index (κ2) is 4.94. The molecular weight excluding hydrogens is 224 g/mol. The molecule has 2 aromatic rings. The first-order valence-electron chi connectivity index (χ1n) is 6.54. The Hall–Kier alpha value is -1.61. The van der Waals surface area contributed by atoms with Crippen molar-refractivity contribution in [2.24, 2.45) is 0 Å². The van der Waals surface area contributed by atoms with E-state index in [0.717, 1.165) is 25.0 Å². The minimum atomic E-state index is 0.360. The van der Waals surface area contributed by atoms with Gasteiger partial charge in [0.2, 0.25) is 0 Å². The van der Waals surface area contributed by atoms with Crippen LogP contribution in [0.25, 0.3) is 10.9 Å². The average molecular weight is 242 g/mol. The quantitative estimate of drug-likeness (QED) is 0.878. The van der Waals surface area contributed by atoms with Gasteiger partial charge in [0.25, 0.3) is 0 Å². The van der Waals surface area contributed by atoms with Gasteiger partial charge in [-0.2, -0.15) is 0 Å². The van der Waals surface area contributed by atoms with E-state index >= 15 is 0 Å². The van der Waals surface area contributed by atoms with Gasteiger partial charge >= 0.3 is 0 Å². The standard InChI is InChI=1S/C15H18N2O/c1-11-9-14(6-8-18-11)17-13-4-5-15-12(10-13)3-2-7-16-15/h2-5,7,10-11,14,17H,6,8-9H2,1H3. The van der Waals surface area contributed by atoms with E-state index in [9.17, 15) is 0 Å². The van der Waals surface area contributed by atoms with Crippen molar-refractivity contribution in [3.63, 3.8) is 0 Å². The zero-order valence-corrected chi connectivity index (χ0v) is 10.6. The molecule has 1 fully saturated rings. The molecule has 0 saturated carbocycles. The first-order chi connectivity index (χ1) is 8.81. The van der Waals surface area contributed by atoms with E-state index in [2.05, 4.69) is 41.5 Å². The summed E-state index contributed by atoms with van der Waals surface area (Å²) in [6.07, 6.45) is 4.34. The summed E-state index contributed by atoms with van der Waals surface area (Å²) in [5.41, 5.74) is 2.22. The van der Waals surface area contributed by atoms with Gasteiger partial charge in [-0.25, -0.2) is 0 Å². The first kappa shape index (κ1) is 11.5. The van der Waals surface area contributed by atoms with Crippen LogP contribution in [0.3, 0.4) is 0 Å². The van der Waals surface area contributed by atoms with Crippen LogP contribution in [0.2, 0.25) is 0 Å². The molecule has 1 N–H and O–H groups in total. The fourth-order valence-electron chi connectivity index (χ4n) is 2.53. The molecule has 94 valence electrons. The number of rotatable bonds is 2. The summed E-state index contributed by atoms with van der Waals surface area (Å²) in [5.74, 6) is 0. The molecule has 2 unspecified atom stereocenters. The number of anilines is 1. The van der Waals surface area contributed by atoms with Gasteiger partial charge in [0.05, 0.1) is 11.6 Å². The summed E-state index contributed by atoms with van der Waals surface area (Å²) in [6, 6.07) is 10.9. The summed E-state index contributed by atoms with van der Waals surface area (Å²) in [7, 11) is 0. The maximum atomic E-state index is 5.57. The zero-order valence-electron chi connectivity index (χ0n) is 10.6. The van der Waals surface area contributed by atoms with E-state index in [-0.39, 0.29) is 0 Å². The van der Waals surface area contributed by atoms with Crippen molar-refractivity contribution >= 4 is 16.6 Å². The normalized spacial score (nSPS) is 24.1. The van der Waals surface area contributed by atoms with Gasteiger partial charge in [-0.3, -0.25) is 4.98 Å². The van der Waals surface area contributed by atoms with E-state index in [1.165, 1.54) is 11.1 Å². The van der Waals surface area contributed by atoms with Gasteiger partial charge in [-0.05, 0) is 44.0 Å². The molecular formula is C15H18N2O. The second-order valence-corrected chi connectivity index (χ2v) is 4.96. The largest absolute Gasteiger partial charge is 0.382 e. The predicted octanol–water partition coefficient (Wildman–Crippen LogP) is 3.21. The zero-order chi connectivity index (χ0) is 12.4. The highest BCUT2D eigenvalue weighted by Gasteiger charge is 2.18. The molecule has 0 amide bonds. The minimum Gasteiger partial charge on any atom is -0.382 e. The van der Waals surface area contributed by atoms with Gasteiger partial charge in [-0.15, -0.1) is 0 Å². The molecule has 18 heavy (non-hydrogen) atoms. The van der Waals surface area contributed by atoms with Gasteiger partial charge < -0.3 is 10.1 Å². The van der Waals surface area contributed by atoms with Gasteiger partial charge in [-0.1, -0.05) is 6.07 Å². The maximum Gasteiger partial charge on any atom is 0.0703 e. The molecule has 3 nitrogen and oxygen atoms in total. The smallest absolute Gasteiger partial charge is 0.0703 e. The summed E-state index contributed by atoms with van der Waals surface area (Å²) in [5, 5.41) is 4.78. The predicted molar refractivity (Wildman–Crippen MR) is 73.8 cm³/mol. The average Bonchev–Trinajstić information content (AvgIpc) is 2.39. The van der Waals surface area contributed by atoms with E-state index in [1.54, 1.807) is 0 Å². The third-order valence-electron chi connectivity index (χ3n) is 3.46. The Morgan fingerprint density at radius 1 is 1.33 bits per heavy atom. The second-order valence-electron chi connectivity index (χ2n) is 4.96. The number of nitrogens with zero attached hydrogens (tertiary/aromatic N) is 1. The van der Waals surface area contributed by atoms with Crippen molar-refractivity contribution in [1.82, 2.24) is 4.98 Å². The Morgan fingerprint density at radius 2 is 2.28 bits per heavy atom. The van der Waals surface area contributed by atoms with Crippen LogP contribution in [0.1, 0.15) is 19.8 Å². The fraction of sp³-hybridized carbons (Fsp3) is 0.400. The van der Waals surface area contributed by atoms with E-state index in [1.807, 2.05) is 12.3 Å². The fourth-order valence-corrected chi connectivity index (χ4v) is 2.53. The number of hydrogen-bond acceptors (Lipinski definition) is 3. The van der Waals surface area contributed by atoms with Crippen LogP contribution in [0.15, 0.2) is 36.5 Å². The molecule has 1 saturated heterocycles. The Bertz CT molecular complexity index is 541. The Labute approximate surface area is 107 Å². The third-order valence-corrected chi connectivity index (χ3v) is 3.46. The summed E-state index contributed by atoms with van der Waals surface area (Å²) in [6.45, 7) is 2.99. The van der Waals surface area contributed by atoms with E-state index in [0.29, 0.717) is 12.1 Å². The van der Waals surface area contributed by atoms with Crippen LogP contribution >= 0.6 is 0 Å². The van der Waals surface area contributed by atoms with Crippen molar-refractivity contribution in [3.05, 3.63) is 36.5 Å². The lowest BCUT2D eigenvalue weighted by Gasteiger charge is -2.28. The lowest BCUT2D eigenvalue weighted by Crippen LogP contribution is -2.32. The van der Waals surface area contributed by atoms with Crippen LogP contribution in [0, 0.1) is 0 Å². The molecule has 1 aliphatic rings. The van der Waals surface area contributed by atoms with Gasteiger partial charge in [0.15, 0.2) is 0 Å². The maximum absolute atomic E-state index is 5.57. The Kier molecular flexibility index (Phi) is 3.15. The lowest BCUT2D eigenvalue weighted by atomic mass is 10.0.